The van der Waals surface area contributed by atoms with Crippen LogP contribution in [0.5, 0.6) is 0 Å². The minimum absolute atomic E-state index is 0.568. The van der Waals surface area contributed by atoms with Crippen LogP contribution in [-0.4, -0.2) is 37.6 Å². The zero-order valence-electron chi connectivity index (χ0n) is 12.9. The van der Waals surface area contributed by atoms with Crippen LogP contribution in [-0.2, 0) is 0 Å². The summed E-state index contributed by atoms with van der Waals surface area (Å²) < 4.78 is 0. The zero-order valence-corrected chi connectivity index (χ0v) is 12.9. The van der Waals surface area contributed by atoms with Gasteiger partial charge < -0.3 is 10.2 Å². The van der Waals surface area contributed by atoms with Crippen LogP contribution in [0.4, 0.5) is 0 Å². The topological polar surface area (TPSA) is 15.3 Å². The molecular formula is C16H34N2. The van der Waals surface area contributed by atoms with Gasteiger partial charge in [0.05, 0.1) is 0 Å². The molecule has 1 saturated carbocycles. The van der Waals surface area contributed by atoms with E-state index in [-0.39, 0.29) is 0 Å². The lowest BCUT2D eigenvalue weighted by molar-refractivity contribution is 0.102. The largest absolute Gasteiger partial charge is 0.316 e. The molecule has 2 heteroatoms. The monoisotopic (exact) mass is 254 g/mol. The predicted molar refractivity (Wildman–Crippen MR) is 81.1 cm³/mol. The highest BCUT2D eigenvalue weighted by atomic mass is 15.1. The van der Waals surface area contributed by atoms with Crippen LogP contribution in [0.25, 0.3) is 0 Å². The van der Waals surface area contributed by atoms with Crippen molar-refractivity contribution in [3.8, 4) is 0 Å². The third kappa shape index (κ3) is 5.27. The van der Waals surface area contributed by atoms with Crippen molar-refractivity contribution in [1.29, 1.82) is 0 Å². The van der Waals surface area contributed by atoms with Gasteiger partial charge >= 0.3 is 0 Å². The third-order valence-corrected chi connectivity index (χ3v) is 4.30. The van der Waals surface area contributed by atoms with Gasteiger partial charge in [0.25, 0.3) is 0 Å². The quantitative estimate of drug-likeness (QED) is 0.675. The van der Waals surface area contributed by atoms with Crippen LogP contribution in [0.15, 0.2) is 0 Å². The SMILES string of the molecule is CCCN(CCC)CC1(CNCC)CCCCC1. The molecule has 1 N–H and O–H groups in total. The van der Waals surface area contributed by atoms with E-state index in [9.17, 15) is 0 Å². The van der Waals surface area contributed by atoms with Crippen LogP contribution < -0.4 is 5.32 Å². The fraction of sp³-hybridized carbons (Fsp3) is 1.00. The fourth-order valence-corrected chi connectivity index (χ4v) is 3.46. The second-order valence-corrected chi connectivity index (χ2v) is 6.12. The summed E-state index contributed by atoms with van der Waals surface area (Å²) in [4.78, 5) is 2.71. The highest BCUT2D eigenvalue weighted by Gasteiger charge is 2.33. The van der Waals surface area contributed by atoms with Gasteiger partial charge in [0, 0.05) is 13.1 Å². The van der Waals surface area contributed by atoms with Gasteiger partial charge in [-0.05, 0) is 50.7 Å². The van der Waals surface area contributed by atoms with Gasteiger partial charge in [-0.25, -0.2) is 0 Å². The van der Waals surface area contributed by atoms with Gasteiger partial charge in [-0.3, -0.25) is 0 Å². The number of nitrogens with zero attached hydrogens (tertiary/aromatic N) is 1. The van der Waals surface area contributed by atoms with Crippen LogP contribution in [0, 0.1) is 5.41 Å². The molecule has 0 aliphatic heterocycles. The molecule has 108 valence electrons. The maximum absolute atomic E-state index is 3.62. The number of hydrogen-bond donors (Lipinski definition) is 1. The summed E-state index contributed by atoms with van der Waals surface area (Å²) in [5, 5.41) is 3.62. The van der Waals surface area contributed by atoms with E-state index in [0.29, 0.717) is 5.41 Å². The molecule has 0 saturated heterocycles. The molecular weight excluding hydrogens is 220 g/mol. The summed E-state index contributed by atoms with van der Waals surface area (Å²) in [6.07, 6.45) is 9.78. The van der Waals surface area contributed by atoms with E-state index in [1.165, 1.54) is 71.1 Å². The minimum atomic E-state index is 0.568. The minimum Gasteiger partial charge on any atom is -0.316 e. The molecule has 2 nitrogen and oxygen atoms in total. The number of nitrogens with one attached hydrogen (secondary N) is 1. The van der Waals surface area contributed by atoms with Gasteiger partial charge in [-0.2, -0.15) is 0 Å². The van der Waals surface area contributed by atoms with Crippen molar-refractivity contribution in [2.75, 3.05) is 32.7 Å². The summed E-state index contributed by atoms with van der Waals surface area (Å²) in [5.41, 5.74) is 0.568. The van der Waals surface area contributed by atoms with Crippen molar-refractivity contribution in [3.05, 3.63) is 0 Å². The van der Waals surface area contributed by atoms with Crippen molar-refractivity contribution < 1.29 is 0 Å². The first-order valence-corrected chi connectivity index (χ1v) is 8.19. The number of rotatable bonds is 9. The standard InChI is InChI=1S/C16H34N2/c1-4-12-18(13-5-2)15-16(14-17-6-3)10-8-7-9-11-16/h17H,4-15H2,1-3H3. The van der Waals surface area contributed by atoms with E-state index < -0.39 is 0 Å². The van der Waals surface area contributed by atoms with Gasteiger partial charge in [-0.15, -0.1) is 0 Å². The van der Waals surface area contributed by atoms with Crippen LogP contribution in [0.2, 0.25) is 0 Å². The predicted octanol–water partition coefficient (Wildman–Crippen LogP) is 3.67. The van der Waals surface area contributed by atoms with Gasteiger partial charge in [0.1, 0.15) is 0 Å². The third-order valence-electron chi connectivity index (χ3n) is 4.30. The molecule has 1 aliphatic rings. The lowest BCUT2D eigenvalue weighted by Crippen LogP contribution is -2.45. The van der Waals surface area contributed by atoms with Gasteiger partial charge in [0.15, 0.2) is 0 Å². The highest BCUT2D eigenvalue weighted by molar-refractivity contribution is 4.87. The average Bonchev–Trinajstić information content (AvgIpc) is 2.38. The molecule has 1 aliphatic carbocycles. The Balaban J connectivity index is 2.56. The molecule has 0 aromatic carbocycles. The first-order valence-electron chi connectivity index (χ1n) is 8.19. The Morgan fingerprint density at radius 1 is 0.944 bits per heavy atom. The highest BCUT2D eigenvalue weighted by Crippen LogP contribution is 2.36. The second kappa shape index (κ2) is 8.92. The Kier molecular flexibility index (Phi) is 7.92. The molecule has 0 unspecified atom stereocenters. The van der Waals surface area contributed by atoms with Crippen molar-refractivity contribution in [1.82, 2.24) is 10.2 Å². The first-order chi connectivity index (χ1) is 8.76. The molecule has 18 heavy (non-hydrogen) atoms. The lowest BCUT2D eigenvalue weighted by atomic mass is 9.73. The molecule has 0 atom stereocenters. The molecule has 0 aromatic heterocycles. The molecule has 0 heterocycles. The normalized spacial score (nSPS) is 19.3. The average molecular weight is 254 g/mol. The van der Waals surface area contributed by atoms with Crippen LogP contribution in [0.3, 0.4) is 0 Å². The Morgan fingerprint density at radius 2 is 1.56 bits per heavy atom. The molecule has 1 rings (SSSR count). The molecule has 1 fully saturated rings. The lowest BCUT2D eigenvalue weighted by Gasteiger charge is -2.41. The summed E-state index contributed by atoms with van der Waals surface area (Å²) in [5.74, 6) is 0. The molecule has 0 aromatic rings. The Labute approximate surface area is 115 Å². The Hall–Kier alpha value is -0.0800. The summed E-state index contributed by atoms with van der Waals surface area (Å²) in [7, 11) is 0. The van der Waals surface area contributed by atoms with Crippen molar-refractivity contribution in [2.45, 2.75) is 65.7 Å². The van der Waals surface area contributed by atoms with Gasteiger partial charge in [0.2, 0.25) is 0 Å². The Morgan fingerprint density at radius 3 is 2.06 bits per heavy atom. The van der Waals surface area contributed by atoms with E-state index in [4.69, 9.17) is 0 Å². The van der Waals surface area contributed by atoms with Gasteiger partial charge in [-0.1, -0.05) is 40.0 Å². The van der Waals surface area contributed by atoms with E-state index in [1.807, 2.05) is 0 Å². The van der Waals surface area contributed by atoms with Crippen molar-refractivity contribution in [3.63, 3.8) is 0 Å². The zero-order chi connectivity index (χ0) is 13.3. The first kappa shape index (κ1) is 16.0. The van der Waals surface area contributed by atoms with E-state index >= 15 is 0 Å². The maximum atomic E-state index is 3.62. The van der Waals surface area contributed by atoms with E-state index in [1.54, 1.807) is 0 Å². The molecule has 0 spiro atoms. The molecule has 0 amide bonds. The van der Waals surface area contributed by atoms with E-state index in [2.05, 4.69) is 31.0 Å². The number of hydrogen-bond acceptors (Lipinski definition) is 2. The van der Waals surface area contributed by atoms with Crippen molar-refractivity contribution >= 4 is 0 Å². The van der Waals surface area contributed by atoms with Crippen LogP contribution in [0.1, 0.15) is 65.7 Å². The maximum Gasteiger partial charge on any atom is 0.00501 e. The Bertz CT molecular complexity index is 191. The molecule has 0 radical (unpaired) electrons. The summed E-state index contributed by atoms with van der Waals surface area (Å²) in [6.45, 7) is 13.1. The second-order valence-electron chi connectivity index (χ2n) is 6.12. The smallest absolute Gasteiger partial charge is 0.00501 e. The van der Waals surface area contributed by atoms with E-state index in [0.717, 1.165) is 6.54 Å². The fourth-order valence-electron chi connectivity index (χ4n) is 3.46. The summed E-state index contributed by atoms with van der Waals surface area (Å²) in [6, 6.07) is 0. The van der Waals surface area contributed by atoms with Crippen molar-refractivity contribution in [2.24, 2.45) is 5.41 Å². The molecule has 0 bridgehead atoms. The van der Waals surface area contributed by atoms with Crippen LogP contribution >= 0.6 is 0 Å². The summed E-state index contributed by atoms with van der Waals surface area (Å²) >= 11 is 0.